The highest BCUT2D eigenvalue weighted by Crippen LogP contribution is 2.29. The van der Waals surface area contributed by atoms with Gasteiger partial charge in [-0.25, -0.2) is 0 Å². The van der Waals surface area contributed by atoms with Crippen molar-refractivity contribution in [2.45, 2.75) is 31.8 Å². The van der Waals surface area contributed by atoms with Crippen LogP contribution in [0, 0.1) is 0 Å². The van der Waals surface area contributed by atoms with Crippen molar-refractivity contribution >= 4 is 11.6 Å². The molecule has 1 aliphatic rings. The second-order valence-corrected chi connectivity index (χ2v) is 6.70. The number of para-hydroxylation sites is 3. The number of anilines is 1. The Morgan fingerprint density at radius 1 is 1.15 bits per heavy atom. The van der Waals surface area contributed by atoms with Gasteiger partial charge in [-0.15, -0.1) is 0 Å². The first kappa shape index (κ1) is 18.4. The maximum atomic E-state index is 12.8. The van der Waals surface area contributed by atoms with Crippen LogP contribution in [0.25, 0.3) is 0 Å². The second-order valence-electron chi connectivity index (χ2n) is 6.70. The third kappa shape index (κ3) is 4.62. The lowest BCUT2D eigenvalue weighted by Crippen LogP contribution is -2.51. The van der Waals surface area contributed by atoms with E-state index in [4.69, 9.17) is 4.74 Å². The standard InChI is InChI=1S/C21H27N3O2/c1-16(24-14-8-9-17(15-24)22-2)21(25)23-19-12-6-7-13-20(19)26-18-10-4-3-5-11-18/h3-7,10-13,16-17,22H,8-9,14-15H2,1-2H3,(H,23,25). The number of amides is 1. The van der Waals surface area contributed by atoms with E-state index < -0.39 is 0 Å². The van der Waals surface area contributed by atoms with Gasteiger partial charge in [0.1, 0.15) is 5.75 Å². The smallest absolute Gasteiger partial charge is 0.241 e. The highest BCUT2D eigenvalue weighted by Gasteiger charge is 2.27. The second kappa shape index (κ2) is 8.83. The Morgan fingerprint density at radius 3 is 2.65 bits per heavy atom. The summed E-state index contributed by atoms with van der Waals surface area (Å²) in [6.45, 7) is 3.82. The van der Waals surface area contributed by atoms with Gasteiger partial charge in [0.15, 0.2) is 5.75 Å². The summed E-state index contributed by atoms with van der Waals surface area (Å²) in [7, 11) is 1.98. The molecule has 2 aromatic rings. The van der Waals surface area contributed by atoms with Gasteiger partial charge in [-0.3, -0.25) is 9.69 Å². The van der Waals surface area contributed by atoms with E-state index in [1.165, 1.54) is 0 Å². The van der Waals surface area contributed by atoms with Crippen LogP contribution in [0.3, 0.4) is 0 Å². The summed E-state index contributed by atoms with van der Waals surface area (Å²) in [6.07, 6.45) is 2.27. The van der Waals surface area contributed by atoms with Crippen LogP contribution in [-0.4, -0.2) is 43.0 Å². The van der Waals surface area contributed by atoms with Gasteiger partial charge in [0.25, 0.3) is 0 Å². The number of nitrogens with one attached hydrogen (secondary N) is 2. The fraction of sp³-hybridized carbons (Fsp3) is 0.381. The molecule has 1 saturated heterocycles. The van der Waals surface area contributed by atoms with Gasteiger partial charge in [0.05, 0.1) is 11.7 Å². The Kier molecular flexibility index (Phi) is 6.26. The number of ether oxygens (including phenoxy) is 1. The predicted octanol–water partition coefficient (Wildman–Crippen LogP) is 3.49. The summed E-state index contributed by atoms with van der Waals surface area (Å²) in [5, 5.41) is 6.36. The average molecular weight is 353 g/mol. The number of hydrogen-bond acceptors (Lipinski definition) is 4. The van der Waals surface area contributed by atoms with E-state index in [1.807, 2.05) is 68.6 Å². The van der Waals surface area contributed by atoms with E-state index in [9.17, 15) is 4.79 Å². The molecule has 0 spiro atoms. The number of likely N-dealkylation sites (tertiary alicyclic amines) is 1. The lowest BCUT2D eigenvalue weighted by molar-refractivity contribution is -0.121. The van der Waals surface area contributed by atoms with Crippen LogP contribution in [0.4, 0.5) is 5.69 Å². The summed E-state index contributed by atoms with van der Waals surface area (Å²) in [4.78, 5) is 15.0. The molecule has 3 rings (SSSR count). The van der Waals surface area contributed by atoms with E-state index in [2.05, 4.69) is 15.5 Å². The zero-order valence-corrected chi connectivity index (χ0v) is 15.4. The molecule has 2 N–H and O–H groups in total. The molecule has 2 unspecified atom stereocenters. The molecule has 0 bridgehead atoms. The molecule has 1 amide bonds. The van der Waals surface area contributed by atoms with Crippen LogP contribution in [0.5, 0.6) is 11.5 Å². The number of nitrogens with zero attached hydrogens (tertiary/aromatic N) is 1. The molecule has 1 heterocycles. The Balaban J connectivity index is 1.67. The minimum Gasteiger partial charge on any atom is -0.455 e. The van der Waals surface area contributed by atoms with Gasteiger partial charge in [0, 0.05) is 12.6 Å². The molecule has 0 radical (unpaired) electrons. The lowest BCUT2D eigenvalue weighted by Gasteiger charge is -2.36. The van der Waals surface area contributed by atoms with Gasteiger partial charge < -0.3 is 15.4 Å². The maximum Gasteiger partial charge on any atom is 0.241 e. The first-order valence-electron chi connectivity index (χ1n) is 9.21. The van der Waals surface area contributed by atoms with E-state index in [0.29, 0.717) is 17.5 Å². The van der Waals surface area contributed by atoms with Crippen LogP contribution in [0.1, 0.15) is 19.8 Å². The van der Waals surface area contributed by atoms with Gasteiger partial charge >= 0.3 is 0 Å². The minimum atomic E-state index is -0.184. The summed E-state index contributed by atoms with van der Waals surface area (Å²) in [5.41, 5.74) is 0.690. The Labute approximate surface area is 155 Å². The number of carbonyl (C=O) groups excluding carboxylic acids is 1. The van der Waals surface area contributed by atoms with Crippen LogP contribution < -0.4 is 15.4 Å². The van der Waals surface area contributed by atoms with E-state index in [-0.39, 0.29) is 11.9 Å². The first-order chi connectivity index (χ1) is 12.7. The van der Waals surface area contributed by atoms with Crippen molar-refractivity contribution in [1.29, 1.82) is 0 Å². The van der Waals surface area contributed by atoms with Gasteiger partial charge in [0.2, 0.25) is 5.91 Å². The molecular formula is C21H27N3O2. The molecule has 5 heteroatoms. The topological polar surface area (TPSA) is 53.6 Å². The molecule has 0 aromatic heterocycles. The number of piperidine rings is 1. The Morgan fingerprint density at radius 2 is 1.88 bits per heavy atom. The molecule has 26 heavy (non-hydrogen) atoms. The molecule has 2 aromatic carbocycles. The number of rotatable bonds is 6. The van der Waals surface area contributed by atoms with Crippen molar-refractivity contribution in [2.75, 3.05) is 25.5 Å². The number of hydrogen-bond donors (Lipinski definition) is 2. The third-order valence-corrected chi connectivity index (χ3v) is 4.90. The van der Waals surface area contributed by atoms with Crippen molar-refractivity contribution in [2.24, 2.45) is 0 Å². The van der Waals surface area contributed by atoms with Crippen molar-refractivity contribution in [1.82, 2.24) is 10.2 Å². The van der Waals surface area contributed by atoms with E-state index in [1.54, 1.807) is 0 Å². The molecule has 0 saturated carbocycles. The predicted molar refractivity (Wildman–Crippen MR) is 105 cm³/mol. The highest BCUT2D eigenvalue weighted by atomic mass is 16.5. The summed E-state index contributed by atoms with van der Waals surface area (Å²) in [5.74, 6) is 1.38. The zero-order valence-electron chi connectivity index (χ0n) is 15.4. The van der Waals surface area contributed by atoms with Crippen molar-refractivity contribution in [3.05, 3.63) is 54.6 Å². The van der Waals surface area contributed by atoms with Crippen LogP contribution in [0.2, 0.25) is 0 Å². The normalized spacial score (nSPS) is 18.9. The molecule has 2 atom stereocenters. The van der Waals surface area contributed by atoms with Crippen molar-refractivity contribution in [3.8, 4) is 11.5 Å². The Hall–Kier alpha value is -2.37. The lowest BCUT2D eigenvalue weighted by atomic mass is 10.0. The molecule has 5 nitrogen and oxygen atoms in total. The average Bonchev–Trinajstić information content (AvgIpc) is 2.69. The number of likely N-dealkylation sites (N-methyl/N-ethyl adjacent to an activating group) is 1. The number of carbonyl (C=O) groups is 1. The van der Waals surface area contributed by atoms with E-state index in [0.717, 1.165) is 31.7 Å². The summed E-state index contributed by atoms with van der Waals surface area (Å²) in [6, 6.07) is 17.4. The van der Waals surface area contributed by atoms with E-state index >= 15 is 0 Å². The zero-order chi connectivity index (χ0) is 18.4. The maximum absolute atomic E-state index is 12.8. The quantitative estimate of drug-likeness (QED) is 0.835. The summed E-state index contributed by atoms with van der Waals surface area (Å²) >= 11 is 0. The van der Waals surface area contributed by atoms with Gasteiger partial charge in [-0.05, 0) is 57.6 Å². The minimum absolute atomic E-state index is 0.00846. The molecule has 138 valence electrons. The third-order valence-electron chi connectivity index (χ3n) is 4.90. The largest absolute Gasteiger partial charge is 0.455 e. The molecule has 0 aliphatic carbocycles. The number of benzene rings is 2. The first-order valence-corrected chi connectivity index (χ1v) is 9.21. The van der Waals surface area contributed by atoms with Gasteiger partial charge in [-0.2, -0.15) is 0 Å². The van der Waals surface area contributed by atoms with Crippen LogP contribution >= 0.6 is 0 Å². The van der Waals surface area contributed by atoms with Crippen LogP contribution in [0.15, 0.2) is 54.6 Å². The SMILES string of the molecule is CNC1CCCN(C(C)C(=O)Nc2ccccc2Oc2ccccc2)C1. The van der Waals surface area contributed by atoms with Crippen molar-refractivity contribution < 1.29 is 9.53 Å². The van der Waals surface area contributed by atoms with Gasteiger partial charge in [-0.1, -0.05) is 30.3 Å². The molecule has 1 aliphatic heterocycles. The monoisotopic (exact) mass is 353 g/mol. The van der Waals surface area contributed by atoms with Crippen LogP contribution in [-0.2, 0) is 4.79 Å². The van der Waals surface area contributed by atoms with Crippen molar-refractivity contribution in [3.63, 3.8) is 0 Å². The molecule has 1 fully saturated rings. The Bertz CT molecular complexity index is 720. The fourth-order valence-electron chi connectivity index (χ4n) is 3.27. The fourth-order valence-corrected chi connectivity index (χ4v) is 3.27. The summed E-state index contributed by atoms with van der Waals surface area (Å²) < 4.78 is 5.93. The highest BCUT2D eigenvalue weighted by molar-refractivity contribution is 5.95. The molecular weight excluding hydrogens is 326 g/mol.